The van der Waals surface area contributed by atoms with Gasteiger partial charge in [0.05, 0.1) is 0 Å². The number of hydrogen-bond acceptors (Lipinski definition) is 1. The molecule has 0 radical (unpaired) electrons. The van der Waals surface area contributed by atoms with Crippen LogP contribution in [0.25, 0.3) is 0 Å². The second-order valence-corrected chi connectivity index (χ2v) is 8.43. The third-order valence-electron chi connectivity index (χ3n) is 6.32. The third kappa shape index (κ3) is 3.76. The van der Waals surface area contributed by atoms with Crippen molar-refractivity contribution in [3.8, 4) is 0 Å². The van der Waals surface area contributed by atoms with Crippen molar-refractivity contribution in [3.05, 3.63) is 58.7 Å². The Morgan fingerprint density at radius 2 is 1.92 bits per heavy atom. The number of amides is 1. The van der Waals surface area contributed by atoms with Crippen molar-refractivity contribution in [1.29, 1.82) is 0 Å². The van der Waals surface area contributed by atoms with Crippen molar-refractivity contribution in [2.75, 3.05) is 6.54 Å². The fraction of sp³-hybridized carbons (Fsp3) is 0.522. The molecule has 0 aromatic heterocycles. The summed E-state index contributed by atoms with van der Waals surface area (Å²) < 4.78 is 0. The highest BCUT2D eigenvalue weighted by molar-refractivity contribution is 6.31. The van der Waals surface area contributed by atoms with Crippen LogP contribution in [-0.4, -0.2) is 23.4 Å². The molecule has 3 heteroatoms. The van der Waals surface area contributed by atoms with Gasteiger partial charge in [-0.1, -0.05) is 67.3 Å². The topological polar surface area (TPSA) is 20.3 Å². The van der Waals surface area contributed by atoms with E-state index in [4.69, 9.17) is 11.6 Å². The lowest BCUT2D eigenvalue weighted by Crippen LogP contribution is -2.39. The van der Waals surface area contributed by atoms with Crippen molar-refractivity contribution in [3.63, 3.8) is 0 Å². The Labute approximate surface area is 161 Å². The van der Waals surface area contributed by atoms with Crippen LogP contribution in [0.2, 0.25) is 5.02 Å². The van der Waals surface area contributed by atoms with E-state index in [9.17, 15) is 4.79 Å². The minimum Gasteiger partial charge on any atom is -0.339 e. The van der Waals surface area contributed by atoms with Crippen LogP contribution >= 0.6 is 11.6 Å². The summed E-state index contributed by atoms with van der Waals surface area (Å²) in [5, 5.41) is 0.814. The number of rotatable bonds is 4. The maximum absolute atomic E-state index is 12.9. The second-order valence-electron chi connectivity index (χ2n) is 8.02. The zero-order chi connectivity index (χ0) is 17.9. The number of carbonyl (C=O) groups excluding carboxylic acids is 1. The fourth-order valence-electron chi connectivity index (χ4n) is 4.76. The first-order valence-corrected chi connectivity index (χ1v) is 10.5. The summed E-state index contributed by atoms with van der Waals surface area (Å²) >= 11 is 6.59. The quantitative estimate of drug-likeness (QED) is 0.670. The molecule has 2 aliphatic carbocycles. The molecule has 1 aromatic carbocycles. The van der Waals surface area contributed by atoms with Crippen LogP contribution in [0.4, 0.5) is 0 Å². The van der Waals surface area contributed by atoms with Crippen LogP contribution in [0.3, 0.4) is 0 Å². The molecular weight excluding hydrogens is 342 g/mol. The first-order valence-electron chi connectivity index (χ1n) is 10.1. The number of halogens is 1. The van der Waals surface area contributed by atoms with E-state index in [0.29, 0.717) is 17.9 Å². The SMILES string of the molecule is O=C1C(Cc2ccc(C3C=CC=CC3)cc2Cl)CCN1C1CCCCC1. The standard InChI is InChI=1S/C23H28ClNO/c24-22-16-18(17-7-3-1-4-8-17)11-12-19(22)15-20-13-14-25(23(20)26)21-9-5-2-6-10-21/h1,3-4,7,11-12,16-17,20-21H,2,5-6,8-10,13-15H2. The van der Waals surface area contributed by atoms with Gasteiger partial charge < -0.3 is 4.90 Å². The zero-order valence-electron chi connectivity index (χ0n) is 15.4. The molecule has 0 bridgehead atoms. The monoisotopic (exact) mass is 369 g/mol. The summed E-state index contributed by atoms with van der Waals surface area (Å²) in [7, 11) is 0. The van der Waals surface area contributed by atoms with Crippen LogP contribution in [-0.2, 0) is 11.2 Å². The second kappa shape index (κ2) is 8.00. The van der Waals surface area contributed by atoms with Gasteiger partial charge in [0, 0.05) is 29.4 Å². The van der Waals surface area contributed by atoms with Crippen LogP contribution in [0.5, 0.6) is 0 Å². The summed E-state index contributed by atoms with van der Waals surface area (Å²) in [6.45, 7) is 0.934. The van der Waals surface area contributed by atoms with E-state index >= 15 is 0 Å². The molecule has 2 nitrogen and oxygen atoms in total. The molecule has 2 fully saturated rings. The molecule has 138 valence electrons. The Morgan fingerprint density at radius 1 is 1.08 bits per heavy atom. The maximum atomic E-state index is 12.9. The normalized spacial score (nSPS) is 26.7. The minimum absolute atomic E-state index is 0.109. The van der Waals surface area contributed by atoms with Gasteiger partial charge in [0.15, 0.2) is 0 Å². The molecule has 2 unspecified atom stereocenters. The molecule has 0 spiro atoms. The number of benzene rings is 1. The summed E-state index contributed by atoms with van der Waals surface area (Å²) in [4.78, 5) is 15.1. The Morgan fingerprint density at radius 3 is 2.65 bits per heavy atom. The molecule has 2 atom stereocenters. The largest absolute Gasteiger partial charge is 0.339 e. The van der Waals surface area contributed by atoms with Crippen molar-refractivity contribution in [2.24, 2.45) is 5.92 Å². The molecule has 0 N–H and O–H groups in total. The van der Waals surface area contributed by atoms with E-state index in [-0.39, 0.29) is 5.92 Å². The van der Waals surface area contributed by atoms with Crippen LogP contribution in [0, 0.1) is 5.92 Å². The van der Waals surface area contributed by atoms with Gasteiger partial charge in [-0.15, -0.1) is 0 Å². The number of carbonyl (C=O) groups is 1. The van der Waals surface area contributed by atoms with Crippen molar-refractivity contribution in [1.82, 2.24) is 4.90 Å². The van der Waals surface area contributed by atoms with Gasteiger partial charge in [0.1, 0.15) is 0 Å². The lowest BCUT2D eigenvalue weighted by molar-refractivity contribution is -0.133. The maximum Gasteiger partial charge on any atom is 0.226 e. The number of hydrogen-bond donors (Lipinski definition) is 0. The Balaban J connectivity index is 1.41. The molecule has 1 aromatic rings. The summed E-state index contributed by atoms with van der Waals surface area (Å²) in [6, 6.07) is 6.92. The van der Waals surface area contributed by atoms with Crippen LogP contribution < -0.4 is 0 Å². The summed E-state index contributed by atoms with van der Waals surface area (Å²) in [6.07, 6.45) is 17.7. The van der Waals surface area contributed by atoms with Crippen LogP contribution in [0.15, 0.2) is 42.5 Å². The molecular formula is C23H28ClNO. The molecule has 26 heavy (non-hydrogen) atoms. The summed E-state index contributed by atoms with van der Waals surface area (Å²) in [5.74, 6) is 0.886. The van der Waals surface area contributed by atoms with E-state index in [0.717, 1.165) is 36.4 Å². The predicted octanol–water partition coefficient (Wildman–Crippen LogP) is 5.66. The molecule has 1 amide bonds. The van der Waals surface area contributed by atoms with Crippen LogP contribution in [0.1, 0.15) is 62.0 Å². The molecule has 3 aliphatic rings. The van der Waals surface area contributed by atoms with E-state index in [1.807, 2.05) is 0 Å². The van der Waals surface area contributed by atoms with Crippen molar-refractivity contribution in [2.45, 2.75) is 63.3 Å². The number of likely N-dealkylation sites (tertiary alicyclic amines) is 1. The molecule has 1 heterocycles. The molecule has 1 saturated heterocycles. The van der Waals surface area contributed by atoms with Gasteiger partial charge in [-0.3, -0.25) is 4.79 Å². The van der Waals surface area contributed by atoms with Gasteiger partial charge >= 0.3 is 0 Å². The Bertz CT molecular complexity index is 717. The number of nitrogens with zero attached hydrogens (tertiary/aromatic N) is 1. The fourth-order valence-corrected chi connectivity index (χ4v) is 5.03. The zero-order valence-corrected chi connectivity index (χ0v) is 16.1. The lowest BCUT2D eigenvalue weighted by Gasteiger charge is -2.31. The lowest BCUT2D eigenvalue weighted by atomic mass is 9.90. The third-order valence-corrected chi connectivity index (χ3v) is 6.67. The smallest absolute Gasteiger partial charge is 0.226 e. The minimum atomic E-state index is 0.109. The van der Waals surface area contributed by atoms with E-state index in [2.05, 4.69) is 47.4 Å². The van der Waals surface area contributed by atoms with Gasteiger partial charge in [-0.2, -0.15) is 0 Å². The average molecular weight is 370 g/mol. The highest BCUT2D eigenvalue weighted by atomic mass is 35.5. The highest BCUT2D eigenvalue weighted by Gasteiger charge is 2.36. The molecule has 4 rings (SSSR count). The average Bonchev–Trinajstić information content (AvgIpc) is 3.05. The van der Waals surface area contributed by atoms with Gasteiger partial charge in [0.25, 0.3) is 0 Å². The van der Waals surface area contributed by atoms with Gasteiger partial charge in [-0.25, -0.2) is 0 Å². The highest BCUT2D eigenvalue weighted by Crippen LogP contribution is 2.33. The van der Waals surface area contributed by atoms with E-state index in [1.54, 1.807) is 0 Å². The van der Waals surface area contributed by atoms with Gasteiger partial charge in [0.2, 0.25) is 5.91 Å². The van der Waals surface area contributed by atoms with E-state index in [1.165, 1.54) is 37.7 Å². The summed E-state index contributed by atoms with van der Waals surface area (Å²) in [5.41, 5.74) is 2.38. The van der Waals surface area contributed by atoms with E-state index < -0.39 is 0 Å². The molecule has 1 saturated carbocycles. The number of allylic oxidation sites excluding steroid dienone is 4. The van der Waals surface area contributed by atoms with Gasteiger partial charge in [-0.05, 0) is 49.3 Å². The Hall–Kier alpha value is -1.54. The predicted molar refractivity (Wildman–Crippen MR) is 107 cm³/mol. The van der Waals surface area contributed by atoms with Crippen molar-refractivity contribution < 1.29 is 4.79 Å². The first kappa shape index (κ1) is 17.9. The van der Waals surface area contributed by atoms with Crippen molar-refractivity contribution >= 4 is 17.5 Å². The molecule has 1 aliphatic heterocycles. The Kier molecular flexibility index (Phi) is 5.49. The first-order chi connectivity index (χ1) is 12.7.